The van der Waals surface area contributed by atoms with E-state index >= 15 is 0 Å². The number of nitrogens with zero attached hydrogens (tertiary/aromatic N) is 1. The largest absolute Gasteiger partial charge is 0.493 e. The lowest BCUT2D eigenvalue weighted by Gasteiger charge is -2.14. The quantitative estimate of drug-likeness (QED) is 0.588. The van der Waals surface area contributed by atoms with Crippen LogP contribution >= 0.6 is 0 Å². The number of primary sulfonamides is 1. The molecule has 6 nitrogen and oxygen atoms in total. The van der Waals surface area contributed by atoms with Gasteiger partial charge in [-0.2, -0.15) is 0 Å². The maximum Gasteiger partial charge on any atom is 0.238 e. The lowest BCUT2D eigenvalue weighted by molar-refractivity contribution is 0.279. The van der Waals surface area contributed by atoms with E-state index in [9.17, 15) is 8.42 Å². The molecule has 1 aromatic carbocycles. The smallest absolute Gasteiger partial charge is 0.238 e. The van der Waals surface area contributed by atoms with Gasteiger partial charge in [-0.1, -0.05) is 0 Å². The van der Waals surface area contributed by atoms with Crippen molar-refractivity contribution in [3.8, 4) is 5.75 Å². The van der Waals surface area contributed by atoms with Gasteiger partial charge in [0.1, 0.15) is 5.75 Å². The third-order valence-corrected chi connectivity index (χ3v) is 3.69. The van der Waals surface area contributed by atoms with E-state index in [1.807, 2.05) is 19.0 Å². The first-order valence-corrected chi connectivity index (χ1v) is 7.47. The standard InChI is InChI=1S/C12H21N3O3S/c1-9-11(18-6-4-5-15(2)3)7-10(13)8-12(9)19(14,16)17/h7-8H,4-6,13H2,1-3H3,(H2,14,16,17). The van der Waals surface area contributed by atoms with Crippen LogP contribution < -0.4 is 15.6 Å². The first kappa shape index (κ1) is 15.7. The minimum Gasteiger partial charge on any atom is -0.493 e. The molecule has 0 aromatic heterocycles. The Morgan fingerprint density at radius 2 is 1.95 bits per heavy atom. The van der Waals surface area contributed by atoms with Crippen molar-refractivity contribution in [2.24, 2.45) is 5.14 Å². The highest BCUT2D eigenvalue weighted by molar-refractivity contribution is 7.89. The summed E-state index contributed by atoms with van der Waals surface area (Å²) in [6, 6.07) is 2.96. The van der Waals surface area contributed by atoms with E-state index in [1.165, 1.54) is 6.07 Å². The highest BCUT2D eigenvalue weighted by Crippen LogP contribution is 2.28. The summed E-state index contributed by atoms with van der Waals surface area (Å²) in [5.41, 5.74) is 6.47. The number of anilines is 1. The molecule has 7 heteroatoms. The summed E-state index contributed by atoms with van der Waals surface area (Å²) in [5, 5.41) is 5.14. The van der Waals surface area contributed by atoms with Crippen molar-refractivity contribution >= 4 is 15.7 Å². The minimum absolute atomic E-state index is 0.00936. The lowest BCUT2D eigenvalue weighted by Crippen LogP contribution is -2.17. The van der Waals surface area contributed by atoms with Crippen molar-refractivity contribution in [2.75, 3.05) is 33.0 Å². The first-order chi connectivity index (χ1) is 8.71. The summed E-state index contributed by atoms with van der Waals surface area (Å²) in [6.07, 6.45) is 0.839. The van der Waals surface area contributed by atoms with E-state index in [4.69, 9.17) is 15.6 Å². The maximum atomic E-state index is 11.4. The van der Waals surface area contributed by atoms with Crippen molar-refractivity contribution in [1.82, 2.24) is 4.90 Å². The van der Waals surface area contributed by atoms with E-state index in [-0.39, 0.29) is 4.90 Å². The zero-order chi connectivity index (χ0) is 14.6. The summed E-state index contributed by atoms with van der Waals surface area (Å²) in [4.78, 5) is 2.06. The fourth-order valence-corrected chi connectivity index (χ4v) is 2.52. The zero-order valence-electron chi connectivity index (χ0n) is 11.5. The Morgan fingerprint density at radius 1 is 1.32 bits per heavy atom. The molecule has 0 radical (unpaired) electrons. The Balaban J connectivity index is 2.87. The monoisotopic (exact) mass is 287 g/mol. The van der Waals surface area contributed by atoms with Gasteiger partial charge < -0.3 is 15.4 Å². The molecule has 0 aliphatic heterocycles. The fraction of sp³-hybridized carbons (Fsp3) is 0.500. The van der Waals surface area contributed by atoms with Gasteiger partial charge in [0, 0.05) is 23.9 Å². The van der Waals surface area contributed by atoms with Gasteiger partial charge in [-0.05, 0) is 33.5 Å². The predicted molar refractivity (Wildman–Crippen MR) is 75.6 cm³/mol. The predicted octanol–water partition coefficient (Wildman–Crippen LogP) is 0.555. The third-order valence-electron chi connectivity index (χ3n) is 2.65. The molecule has 0 fully saturated rings. The average Bonchev–Trinajstić information content (AvgIpc) is 2.26. The highest BCUT2D eigenvalue weighted by Gasteiger charge is 2.16. The Hall–Kier alpha value is -1.31. The molecule has 0 unspecified atom stereocenters. The van der Waals surface area contributed by atoms with E-state index in [0.717, 1.165) is 13.0 Å². The van der Waals surface area contributed by atoms with Gasteiger partial charge in [0.25, 0.3) is 0 Å². The van der Waals surface area contributed by atoms with Crippen LogP contribution in [0.2, 0.25) is 0 Å². The van der Waals surface area contributed by atoms with Crippen molar-refractivity contribution in [1.29, 1.82) is 0 Å². The summed E-state index contributed by atoms with van der Waals surface area (Å²) < 4.78 is 28.5. The van der Waals surface area contributed by atoms with Gasteiger partial charge >= 0.3 is 0 Å². The SMILES string of the molecule is Cc1c(OCCCN(C)C)cc(N)cc1S(N)(=O)=O. The summed E-state index contributed by atoms with van der Waals surface area (Å²) in [7, 11) is 0.163. The molecule has 0 saturated heterocycles. The van der Waals surface area contributed by atoms with Crippen molar-refractivity contribution < 1.29 is 13.2 Å². The molecule has 0 aliphatic carbocycles. The highest BCUT2D eigenvalue weighted by atomic mass is 32.2. The van der Waals surface area contributed by atoms with E-state index in [1.54, 1.807) is 13.0 Å². The number of ether oxygens (including phenoxy) is 1. The van der Waals surface area contributed by atoms with Gasteiger partial charge in [0.05, 0.1) is 11.5 Å². The van der Waals surface area contributed by atoms with E-state index in [2.05, 4.69) is 0 Å². The van der Waals surface area contributed by atoms with Crippen molar-refractivity contribution in [3.05, 3.63) is 17.7 Å². The van der Waals surface area contributed by atoms with E-state index in [0.29, 0.717) is 23.6 Å². The Labute approximate surface area is 114 Å². The number of nitrogens with two attached hydrogens (primary N) is 2. The topological polar surface area (TPSA) is 98.7 Å². The molecule has 19 heavy (non-hydrogen) atoms. The normalized spacial score (nSPS) is 11.8. The number of hydrogen-bond acceptors (Lipinski definition) is 5. The van der Waals surface area contributed by atoms with Crippen LogP contribution in [0.3, 0.4) is 0 Å². The Bertz CT molecular complexity index is 541. The molecule has 1 rings (SSSR count). The molecular formula is C12H21N3O3S. The third kappa shape index (κ3) is 4.70. The second-order valence-electron chi connectivity index (χ2n) is 4.69. The Morgan fingerprint density at radius 3 is 2.47 bits per heavy atom. The molecule has 0 atom stereocenters. The average molecular weight is 287 g/mol. The van der Waals surface area contributed by atoms with Gasteiger partial charge in [-0.3, -0.25) is 0 Å². The van der Waals surface area contributed by atoms with Crippen LogP contribution in [-0.4, -0.2) is 40.6 Å². The molecule has 108 valence electrons. The van der Waals surface area contributed by atoms with Crippen LogP contribution in [0, 0.1) is 6.92 Å². The summed E-state index contributed by atoms with van der Waals surface area (Å²) >= 11 is 0. The molecule has 4 N–H and O–H groups in total. The van der Waals surface area contributed by atoms with Crippen LogP contribution in [0.5, 0.6) is 5.75 Å². The molecule has 0 aliphatic rings. The lowest BCUT2D eigenvalue weighted by atomic mass is 10.2. The molecule has 0 amide bonds. The molecule has 0 bridgehead atoms. The maximum absolute atomic E-state index is 11.4. The molecule has 0 spiro atoms. The van der Waals surface area contributed by atoms with Crippen LogP contribution in [0.25, 0.3) is 0 Å². The van der Waals surface area contributed by atoms with Crippen molar-refractivity contribution in [3.63, 3.8) is 0 Å². The van der Waals surface area contributed by atoms with Gasteiger partial charge in [-0.25, -0.2) is 13.6 Å². The molecule has 0 saturated carbocycles. The number of hydrogen-bond donors (Lipinski definition) is 2. The Kier molecular flexibility index (Phi) is 5.16. The number of nitrogen functional groups attached to an aromatic ring is 1. The summed E-state index contributed by atoms with van der Waals surface area (Å²) in [6.45, 7) is 3.04. The first-order valence-electron chi connectivity index (χ1n) is 5.92. The van der Waals surface area contributed by atoms with Crippen LogP contribution in [-0.2, 0) is 10.0 Å². The number of benzene rings is 1. The fourth-order valence-electron chi connectivity index (χ4n) is 1.69. The van der Waals surface area contributed by atoms with Gasteiger partial charge in [0.2, 0.25) is 10.0 Å². The molecule has 0 heterocycles. The molecular weight excluding hydrogens is 266 g/mol. The second kappa shape index (κ2) is 6.23. The second-order valence-corrected chi connectivity index (χ2v) is 6.22. The van der Waals surface area contributed by atoms with Crippen LogP contribution in [0.15, 0.2) is 17.0 Å². The minimum atomic E-state index is -3.79. The summed E-state index contributed by atoms with van der Waals surface area (Å²) in [5.74, 6) is 0.461. The number of sulfonamides is 1. The van der Waals surface area contributed by atoms with E-state index < -0.39 is 10.0 Å². The van der Waals surface area contributed by atoms with Crippen molar-refractivity contribution in [2.45, 2.75) is 18.2 Å². The number of rotatable bonds is 6. The van der Waals surface area contributed by atoms with Gasteiger partial charge in [0.15, 0.2) is 0 Å². The van der Waals surface area contributed by atoms with Crippen LogP contribution in [0.4, 0.5) is 5.69 Å². The zero-order valence-corrected chi connectivity index (χ0v) is 12.3. The van der Waals surface area contributed by atoms with Crippen LogP contribution in [0.1, 0.15) is 12.0 Å². The van der Waals surface area contributed by atoms with Gasteiger partial charge in [-0.15, -0.1) is 0 Å². The molecule has 1 aromatic rings.